The largest absolute Gasteiger partial charge is 0.336 e. The zero-order valence-corrected chi connectivity index (χ0v) is 15.0. The lowest BCUT2D eigenvalue weighted by Crippen LogP contribution is -2.47. The molecule has 0 saturated heterocycles. The van der Waals surface area contributed by atoms with Crippen LogP contribution in [0.25, 0.3) is 0 Å². The van der Waals surface area contributed by atoms with Crippen molar-refractivity contribution in [2.24, 2.45) is 0 Å². The Morgan fingerprint density at radius 3 is 2.56 bits per heavy atom. The molecule has 2 aromatic rings. The Morgan fingerprint density at radius 2 is 1.92 bits per heavy atom. The van der Waals surface area contributed by atoms with Gasteiger partial charge in [0.15, 0.2) is 0 Å². The number of carbonyl (C=O) groups is 2. The van der Waals surface area contributed by atoms with Crippen LogP contribution in [0.15, 0.2) is 29.6 Å². The molecular formula is C17H21FN4O2S. The van der Waals surface area contributed by atoms with E-state index in [-0.39, 0.29) is 18.1 Å². The van der Waals surface area contributed by atoms with Crippen molar-refractivity contribution in [2.75, 3.05) is 6.54 Å². The number of halogens is 1. The fourth-order valence-electron chi connectivity index (χ4n) is 2.01. The number of amides is 3. The van der Waals surface area contributed by atoms with Crippen molar-refractivity contribution in [3.63, 3.8) is 0 Å². The number of aromatic nitrogens is 1. The van der Waals surface area contributed by atoms with Crippen LogP contribution in [0.1, 0.15) is 36.0 Å². The van der Waals surface area contributed by atoms with E-state index in [0.717, 1.165) is 10.7 Å². The molecule has 1 heterocycles. The Balaban J connectivity index is 1.64. The predicted molar refractivity (Wildman–Crippen MR) is 94.7 cm³/mol. The second-order valence-corrected chi connectivity index (χ2v) is 6.70. The fourth-order valence-corrected chi connectivity index (χ4v) is 2.88. The molecule has 0 aliphatic rings. The van der Waals surface area contributed by atoms with Crippen LogP contribution < -0.4 is 16.2 Å². The number of thiazole rings is 1. The minimum Gasteiger partial charge on any atom is -0.336 e. The van der Waals surface area contributed by atoms with E-state index in [0.29, 0.717) is 24.4 Å². The van der Waals surface area contributed by atoms with E-state index in [4.69, 9.17) is 0 Å². The van der Waals surface area contributed by atoms with Gasteiger partial charge >= 0.3 is 6.03 Å². The lowest BCUT2D eigenvalue weighted by atomic mass is 10.1. The molecule has 0 atom stereocenters. The minimum absolute atomic E-state index is 0.0529. The molecule has 6 nitrogen and oxygen atoms in total. The molecule has 0 unspecified atom stereocenters. The molecule has 25 heavy (non-hydrogen) atoms. The fraction of sp³-hybridized carbons (Fsp3) is 0.353. The maximum Gasteiger partial charge on any atom is 0.333 e. The summed E-state index contributed by atoms with van der Waals surface area (Å²) in [6, 6.07) is 5.12. The first-order valence-electron chi connectivity index (χ1n) is 7.95. The second-order valence-electron chi connectivity index (χ2n) is 5.81. The van der Waals surface area contributed by atoms with Crippen molar-refractivity contribution in [2.45, 2.75) is 32.6 Å². The molecule has 3 N–H and O–H groups in total. The Bertz CT molecular complexity index is 716. The summed E-state index contributed by atoms with van der Waals surface area (Å²) < 4.78 is 12.8. The van der Waals surface area contributed by atoms with E-state index in [1.54, 1.807) is 11.3 Å². The van der Waals surface area contributed by atoms with Crippen molar-refractivity contribution in [1.29, 1.82) is 0 Å². The van der Waals surface area contributed by atoms with Crippen LogP contribution in [0, 0.1) is 5.82 Å². The van der Waals surface area contributed by atoms with Gasteiger partial charge in [-0.15, -0.1) is 11.3 Å². The number of hydrazine groups is 1. The molecule has 0 spiro atoms. The Labute approximate surface area is 149 Å². The zero-order valence-electron chi connectivity index (χ0n) is 14.1. The molecule has 0 saturated carbocycles. The number of carbonyl (C=O) groups excluding carboxylic acids is 2. The normalized spacial score (nSPS) is 10.6. The van der Waals surface area contributed by atoms with Crippen LogP contribution in [0.3, 0.4) is 0 Å². The van der Waals surface area contributed by atoms with E-state index in [9.17, 15) is 14.0 Å². The topological polar surface area (TPSA) is 83.1 Å². The summed E-state index contributed by atoms with van der Waals surface area (Å²) >= 11 is 1.61. The number of rotatable bonds is 6. The maximum atomic E-state index is 12.8. The van der Waals surface area contributed by atoms with Gasteiger partial charge in [0.2, 0.25) is 5.91 Å². The van der Waals surface area contributed by atoms with E-state index in [2.05, 4.69) is 35.0 Å². The van der Waals surface area contributed by atoms with E-state index < -0.39 is 6.03 Å². The molecular weight excluding hydrogens is 343 g/mol. The van der Waals surface area contributed by atoms with E-state index in [1.165, 1.54) is 24.3 Å². The summed E-state index contributed by atoms with van der Waals surface area (Å²) in [5.41, 5.74) is 6.18. The summed E-state index contributed by atoms with van der Waals surface area (Å²) in [5, 5.41) is 5.71. The third-order valence-electron chi connectivity index (χ3n) is 3.32. The third-order valence-corrected chi connectivity index (χ3v) is 4.52. The van der Waals surface area contributed by atoms with Crippen LogP contribution in [0.4, 0.5) is 9.18 Å². The van der Waals surface area contributed by atoms with Gasteiger partial charge < -0.3 is 5.32 Å². The summed E-state index contributed by atoms with van der Waals surface area (Å²) in [6.45, 7) is 4.59. The highest BCUT2D eigenvalue weighted by atomic mass is 32.1. The molecule has 0 bridgehead atoms. The smallest absolute Gasteiger partial charge is 0.333 e. The van der Waals surface area contributed by atoms with Crippen molar-refractivity contribution in [3.8, 4) is 0 Å². The van der Waals surface area contributed by atoms with Gasteiger partial charge in [-0.3, -0.25) is 10.2 Å². The second kappa shape index (κ2) is 9.12. The van der Waals surface area contributed by atoms with Gasteiger partial charge in [0.05, 0.1) is 17.1 Å². The maximum absolute atomic E-state index is 12.8. The number of hydrogen-bond acceptors (Lipinski definition) is 4. The third kappa shape index (κ3) is 6.50. The monoisotopic (exact) mass is 364 g/mol. The molecule has 1 aromatic carbocycles. The van der Waals surface area contributed by atoms with Gasteiger partial charge in [0.25, 0.3) is 0 Å². The van der Waals surface area contributed by atoms with Crippen molar-refractivity contribution >= 4 is 23.3 Å². The first-order chi connectivity index (χ1) is 11.9. The molecule has 0 fully saturated rings. The lowest BCUT2D eigenvalue weighted by Gasteiger charge is -2.08. The predicted octanol–water partition coefficient (Wildman–Crippen LogP) is 2.52. The zero-order chi connectivity index (χ0) is 18.2. The van der Waals surface area contributed by atoms with Crippen LogP contribution in [-0.4, -0.2) is 23.5 Å². The minimum atomic E-state index is -0.494. The molecule has 3 amide bonds. The lowest BCUT2D eigenvalue weighted by molar-refractivity contribution is -0.121. The highest BCUT2D eigenvalue weighted by molar-refractivity contribution is 7.09. The summed E-state index contributed by atoms with van der Waals surface area (Å²) in [6.07, 6.45) is 0.678. The van der Waals surface area contributed by atoms with Crippen LogP contribution in [-0.2, 0) is 17.6 Å². The standard InChI is InChI=1S/C17H21FN4O2S/c1-11(2)16-20-14(10-25-16)7-8-19-17(24)22-21-15(23)9-12-3-5-13(18)6-4-12/h3-6,10-11H,7-9H2,1-2H3,(H,21,23)(H2,19,22,24). The van der Waals surface area contributed by atoms with Crippen molar-refractivity contribution < 1.29 is 14.0 Å². The first-order valence-corrected chi connectivity index (χ1v) is 8.83. The number of hydrogen-bond donors (Lipinski definition) is 3. The summed E-state index contributed by atoms with van der Waals surface area (Å²) in [7, 11) is 0. The number of nitrogens with zero attached hydrogens (tertiary/aromatic N) is 1. The first kappa shape index (κ1) is 18.9. The average Bonchev–Trinajstić information content (AvgIpc) is 3.04. The van der Waals surface area contributed by atoms with Crippen LogP contribution in [0.2, 0.25) is 0 Å². The van der Waals surface area contributed by atoms with Gasteiger partial charge in [-0.1, -0.05) is 26.0 Å². The highest BCUT2D eigenvalue weighted by Gasteiger charge is 2.08. The highest BCUT2D eigenvalue weighted by Crippen LogP contribution is 2.19. The Morgan fingerprint density at radius 1 is 1.20 bits per heavy atom. The van der Waals surface area contributed by atoms with Gasteiger partial charge in [-0.2, -0.15) is 0 Å². The van der Waals surface area contributed by atoms with Crippen molar-refractivity contribution in [3.05, 3.63) is 51.7 Å². The molecule has 0 radical (unpaired) electrons. The molecule has 134 valence electrons. The number of benzene rings is 1. The van der Waals surface area contributed by atoms with Gasteiger partial charge in [0.1, 0.15) is 5.82 Å². The van der Waals surface area contributed by atoms with Gasteiger partial charge in [-0.05, 0) is 17.7 Å². The van der Waals surface area contributed by atoms with E-state index in [1.807, 2.05) is 5.38 Å². The molecule has 0 aliphatic heterocycles. The van der Waals surface area contributed by atoms with Crippen LogP contribution >= 0.6 is 11.3 Å². The summed E-state index contributed by atoms with van der Waals surface area (Å²) in [4.78, 5) is 27.8. The van der Waals surface area contributed by atoms with Crippen LogP contribution in [0.5, 0.6) is 0 Å². The van der Waals surface area contributed by atoms with Gasteiger partial charge in [0, 0.05) is 24.3 Å². The average molecular weight is 364 g/mol. The summed E-state index contributed by atoms with van der Waals surface area (Å²) in [5.74, 6) is -0.351. The van der Waals surface area contributed by atoms with E-state index >= 15 is 0 Å². The number of nitrogens with one attached hydrogen (secondary N) is 3. The number of urea groups is 1. The quantitative estimate of drug-likeness (QED) is 0.689. The van der Waals surface area contributed by atoms with Crippen molar-refractivity contribution in [1.82, 2.24) is 21.2 Å². The Hall–Kier alpha value is -2.48. The molecule has 0 aliphatic carbocycles. The Kier molecular flexibility index (Phi) is 6.88. The SMILES string of the molecule is CC(C)c1nc(CCNC(=O)NNC(=O)Cc2ccc(F)cc2)cs1. The molecule has 1 aromatic heterocycles. The molecule has 8 heteroatoms. The van der Waals surface area contributed by atoms with Gasteiger partial charge in [-0.25, -0.2) is 19.6 Å². The molecule has 2 rings (SSSR count).